The predicted molar refractivity (Wildman–Crippen MR) is 100.0 cm³/mol. The summed E-state index contributed by atoms with van der Waals surface area (Å²) in [5, 5.41) is 8.75. The third kappa shape index (κ3) is 4.73. The van der Waals surface area contributed by atoms with Crippen molar-refractivity contribution < 1.29 is 9.53 Å². The third-order valence-corrected chi connectivity index (χ3v) is 3.97. The van der Waals surface area contributed by atoms with Crippen LogP contribution in [0.15, 0.2) is 55.0 Å². The number of nitriles is 1. The van der Waals surface area contributed by atoms with Gasteiger partial charge < -0.3 is 4.74 Å². The first-order valence-electron chi connectivity index (χ1n) is 8.69. The van der Waals surface area contributed by atoms with Gasteiger partial charge in [0.1, 0.15) is 11.8 Å². The van der Waals surface area contributed by atoms with Crippen LogP contribution >= 0.6 is 0 Å². The number of aromatic nitrogens is 3. The molecule has 0 unspecified atom stereocenters. The average molecular weight is 358 g/mol. The van der Waals surface area contributed by atoms with Crippen molar-refractivity contribution in [1.82, 2.24) is 15.0 Å². The van der Waals surface area contributed by atoms with Crippen LogP contribution in [0, 0.1) is 11.3 Å². The minimum Gasteiger partial charge on any atom is -0.403 e. The van der Waals surface area contributed by atoms with E-state index >= 15 is 0 Å². The first kappa shape index (κ1) is 18.2. The SMILES string of the molecule is CCCCc1ccc(-c2ccc(C(=O)Oc3ccc(C#N)cn3)nc2)nc1. The van der Waals surface area contributed by atoms with Crippen LogP contribution in [-0.2, 0) is 6.42 Å². The minimum atomic E-state index is -0.610. The number of hydrogen-bond donors (Lipinski definition) is 0. The molecule has 3 aromatic rings. The second kappa shape index (κ2) is 8.68. The summed E-state index contributed by atoms with van der Waals surface area (Å²) < 4.78 is 5.16. The van der Waals surface area contributed by atoms with Crippen LogP contribution in [0.5, 0.6) is 5.88 Å². The Morgan fingerprint density at radius 2 is 1.93 bits per heavy atom. The van der Waals surface area contributed by atoms with Gasteiger partial charge in [-0.3, -0.25) is 4.98 Å². The maximum absolute atomic E-state index is 12.2. The lowest BCUT2D eigenvalue weighted by Crippen LogP contribution is -2.11. The Hall–Kier alpha value is -3.59. The third-order valence-electron chi connectivity index (χ3n) is 3.97. The molecule has 6 nitrogen and oxygen atoms in total. The number of carbonyl (C=O) groups excluding carboxylic acids is 1. The fourth-order valence-corrected chi connectivity index (χ4v) is 2.44. The van der Waals surface area contributed by atoms with Crippen molar-refractivity contribution in [3.63, 3.8) is 0 Å². The monoisotopic (exact) mass is 358 g/mol. The minimum absolute atomic E-state index is 0.120. The highest BCUT2D eigenvalue weighted by molar-refractivity contribution is 5.89. The predicted octanol–water partition coefficient (Wildman–Crippen LogP) is 3.97. The zero-order chi connectivity index (χ0) is 19.1. The van der Waals surface area contributed by atoms with E-state index in [9.17, 15) is 4.79 Å². The normalized spacial score (nSPS) is 10.2. The van der Waals surface area contributed by atoms with E-state index in [1.807, 2.05) is 18.3 Å². The second-order valence-electron chi connectivity index (χ2n) is 5.97. The molecule has 134 valence electrons. The molecular formula is C21H18N4O2. The Morgan fingerprint density at radius 1 is 1.04 bits per heavy atom. The second-order valence-corrected chi connectivity index (χ2v) is 5.97. The van der Waals surface area contributed by atoms with Gasteiger partial charge in [-0.25, -0.2) is 14.8 Å². The van der Waals surface area contributed by atoms with Crippen molar-refractivity contribution in [2.75, 3.05) is 0 Å². The smallest absolute Gasteiger partial charge is 0.363 e. The summed E-state index contributed by atoms with van der Waals surface area (Å²) in [6.45, 7) is 2.16. The van der Waals surface area contributed by atoms with Gasteiger partial charge in [-0.05, 0) is 42.7 Å². The van der Waals surface area contributed by atoms with Gasteiger partial charge in [-0.2, -0.15) is 5.26 Å². The van der Waals surface area contributed by atoms with E-state index in [4.69, 9.17) is 10.00 Å². The van der Waals surface area contributed by atoms with Crippen LogP contribution in [0.2, 0.25) is 0 Å². The Labute approximate surface area is 157 Å². The molecule has 0 saturated heterocycles. The number of unbranched alkanes of at least 4 members (excludes halogenated alkanes) is 1. The first-order chi connectivity index (χ1) is 13.2. The standard InChI is InChI=1S/C21H18N4O2/c1-2-3-4-15-5-8-18(23-12-15)17-7-9-19(24-14-17)21(26)27-20-10-6-16(11-22)13-25-20/h5-10,12-14H,2-4H2,1H3. The Bertz CT molecular complexity index is 943. The van der Waals surface area contributed by atoms with Gasteiger partial charge in [0.05, 0.1) is 11.3 Å². The highest BCUT2D eigenvalue weighted by atomic mass is 16.5. The van der Waals surface area contributed by atoms with E-state index in [2.05, 4.69) is 27.9 Å². The van der Waals surface area contributed by atoms with Crippen LogP contribution in [-0.4, -0.2) is 20.9 Å². The molecule has 0 radical (unpaired) electrons. The van der Waals surface area contributed by atoms with Gasteiger partial charge in [0.2, 0.25) is 5.88 Å². The fourth-order valence-electron chi connectivity index (χ4n) is 2.44. The number of pyridine rings is 3. The van der Waals surface area contributed by atoms with Crippen molar-refractivity contribution >= 4 is 5.97 Å². The number of aryl methyl sites for hydroxylation is 1. The molecule has 3 heterocycles. The van der Waals surface area contributed by atoms with Crippen molar-refractivity contribution in [1.29, 1.82) is 5.26 Å². The summed E-state index contributed by atoms with van der Waals surface area (Å²) in [7, 11) is 0. The van der Waals surface area contributed by atoms with E-state index in [1.165, 1.54) is 23.9 Å². The van der Waals surface area contributed by atoms with E-state index in [0.29, 0.717) is 5.56 Å². The maximum atomic E-state index is 12.2. The van der Waals surface area contributed by atoms with Crippen LogP contribution in [0.1, 0.15) is 41.4 Å². The number of nitrogens with zero attached hydrogens (tertiary/aromatic N) is 4. The summed E-state index contributed by atoms with van der Waals surface area (Å²) >= 11 is 0. The molecule has 0 aliphatic carbocycles. The summed E-state index contributed by atoms with van der Waals surface area (Å²) in [6.07, 6.45) is 8.14. The summed E-state index contributed by atoms with van der Waals surface area (Å²) in [5.41, 5.74) is 3.40. The molecule has 0 aliphatic rings. The van der Waals surface area contributed by atoms with E-state index < -0.39 is 5.97 Å². The number of rotatable bonds is 6. The molecule has 3 aromatic heterocycles. The highest BCUT2D eigenvalue weighted by Crippen LogP contribution is 2.18. The van der Waals surface area contributed by atoms with E-state index in [0.717, 1.165) is 30.5 Å². The molecular weight excluding hydrogens is 340 g/mol. The Morgan fingerprint density at radius 3 is 2.52 bits per heavy atom. The maximum Gasteiger partial charge on any atom is 0.363 e. The molecule has 0 atom stereocenters. The number of ether oxygens (including phenoxy) is 1. The molecule has 0 bridgehead atoms. The van der Waals surface area contributed by atoms with Gasteiger partial charge in [0, 0.05) is 30.2 Å². The topological polar surface area (TPSA) is 88.8 Å². The molecule has 27 heavy (non-hydrogen) atoms. The van der Waals surface area contributed by atoms with Gasteiger partial charge in [0.25, 0.3) is 0 Å². The lowest BCUT2D eigenvalue weighted by Gasteiger charge is -2.05. The van der Waals surface area contributed by atoms with Crippen molar-refractivity contribution in [2.24, 2.45) is 0 Å². The van der Waals surface area contributed by atoms with Crippen LogP contribution in [0.3, 0.4) is 0 Å². The molecule has 6 heteroatoms. The van der Waals surface area contributed by atoms with Gasteiger partial charge in [0.15, 0.2) is 0 Å². The molecule has 0 aliphatic heterocycles. The Kier molecular flexibility index (Phi) is 5.85. The average Bonchev–Trinajstić information content (AvgIpc) is 2.73. The zero-order valence-electron chi connectivity index (χ0n) is 14.9. The highest BCUT2D eigenvalue weighted by Gasteiger charge is 2.12. The van der Waals surface area contributed by atoms with Crippen LogP contribution in [0.4, 0.5) is 0 Å². The van der Waals surface area contributed by atoms with Gasteiger partial charge in [-0.1, -0.05) is 19.4 Å². The van der Waals surface area contributed by atoms with E-state index in [-0.39, 0.29) is 11.6 Å². The van der Waals surface area contributed by atoms with Gasteiger partial charge in [-0.15, -0.1) is 0 Å². The molecule has 0 saturated carbocycles. The van der Waals surface area contributed by atoms with Crippen molar-refractivity contribution in [3.05, 3.63) is 71.8 Å². The number of esters is 1. The Balaban J connectivity index is 1.67. The first-order valence-corrected chi connectivity index (χ1v) is 8.69. The zero-order valence-corrected chi connectivity index (χ0v) is 14.9. The quantitative estimate of drug-likeness (QED) is 0.619. The van der Waals surface area contributed by atoms with Crippen LogP contribution in [0.25, 0.3) is 11.3 Å². The van der Waals surface area contributed by atoms with Gasteiger partial charge >= 0.3 is 5.97 Å². The molecule has 0 amide bonds. The number of hydrogen-bond acceptors (Lipinski definition) is 6. The molecule has 0 fully saturated rings. The molecule has 0 aromatic carbocycles. The van der Waals surface area contributed by atoms with E-state index in [1.54, 1.807) is 18.3 Å². The van der Waals surface area contributed by atoms with Crippen molar-refractivity contribution in [2.45, 2.75) is 26.2 Å². The lowest BCUT2D eigenvalue weighted by molar-refractivity contribution is 0.0721. The number of carbonyl (C=O) groups is 1. The summed E-state index contributed by atoms with van der Waals surface area (Å²) in [4.78, 5) is 24.7. The molecule has 0 N–H and O–H groups in total. The fraction of sp³-hybridized carbons (Fsp3) is 0.190. The lowest BCUT2D eigenvalue weighted by atomic mass is 10.1. The summed E-state index contributed by atoms with van der Waals surface area (Å²) in [5.74, 6) is -0.490. The van der Waals surface area contributed by atoms with Crippen molar-refractivity contribution in [3.8, 4) is 23.2 Å². The molecule has 3 rings (SSSR count). The molecule has 0 spiro atoms. The van der Waals surface area contributed by atoms with Crippen LogP contribution < -0.4 is 4.74 Å². The summed E-state index contributed by atoms with van der Waals surface area (Å²) in [6, 6.07) is 12.3. The largest absolute Gasteiger partial charge is 0.403 e.